The second kappa shape index (κ2) is 6.45. The molecule has 1 aliphatic rings. The lowest BCUT2D eigenvalue weighted by Gasteiger charge is -2.19. The third-order valence-electron chi connectivity index (χ3n) is 3.50. The van der Waals surface area contributed by atoms with Crippen molar-refractivity contribution in [1.82, 2.24) is 0 Å². The molecule has 2 rings (SSSR count). The van der Waals surface area contributed by atoms with Gasteiger partial charge in [0.2, 0.25) is 0 Å². The molecule has 0 bridgehead atoms. The van der Waals surface area contributed by atoms with Crippen LogP contribution in [0.5, 0.6) is 5.75 Å². The topological polar surface area (TPSA) is 61.5 Å². The number of methoxy groups -OCH3 is 1. The first-order valence-corrected chi connectivity index (χ1v) is 6.85. The quantitative estimate of drug-likeness (QED) is 0.517. The smallest absolute Gasteiger partial charge is 0.341 e. The minimum atomic E-state index is -0.407. The van der Waals surface area contributed by atoms with Gasteiger partial charge in [-0.15, -0.1) is 0 Å². The van der Waals surface area contributed by atoms with Gasteiger partial charge >= 0.3 is 5.97 Å². The minimum Gasteiger partial charge on any atom is -0.490 e. The summed E-state index contributed by atoms with van der Waals surface area (Å²) in [5.74, 6) is 0.170. The molecule has 0 heterocycles. The summed E-state index contributed by atoms with van der Waals surface area (Å²) >= 11 is 0. The fourth-order valence-corrected chi connectivity index (χ4v) is 2.46. The molecule has 4 nitrogen and oxygen atoms in total. The van der Waals surface area contributed by atoms with E-state index in [1.54, 1.807) is 18.2 Å². The molecule has 1 fully saturated rings. The Hall–Kier alpha value is -1.71. The predicted octanol–water partition coefficient (Wildman–Crippen LogP) is 3.16. The zero-order valence-corrected chi connectivity index (χ0v) is 11.4. The van der Waals surface area contributed by atoms with Crippen molar-refractivity contribution in [3.05, 3.63) is 23.8 Å². The lowest BCUT2D eigenvalue weighted by Crippen LogP contribution is -2.17. The summed E-state index contributed by atoms with van der Waals surface area (Å²) in [4.78, 5) is 11.7. The zero-order chi connectivity index (χ0) is 13.7. The number of hydrogen-bond acceptors (Lipinski definition) is 4. The largest absolute Gasteiger partial charge is 0.490 e. The Kier molecular flexibility index (Phi) is 4.66. The number of nitrogen functional groups attached to an aromatic ring is 1. The molecule has 0 saturated heterocycles. The molecular formula is C15H21NO3. The van der Waals surface area contributed by atoms with Gasteiger partial charge in [0.05, 0.1) is 13.2 Å². The van der Waals surface area contributed by atoms with E-state index in [2.05, 4.69) is 0 Å². The van der Waals surface area contributed by atoms with Gasteiger partial charge in [-0.2, -0.15) is 0 Å². The van der Waals surface area contributed by atoms with Gasteiger partial charge in [0.1, 0.15) is 11.3 Å². The molecule has 104 valence electrons. The van der Waals surface area contributed by atoms with Gasteiger partial charge in [0.25, 0.3) is 0 Å². The number of hydrogen-bond donors (Lipinski definition) is 1. The number of esters is 1. The van der Waals surface area contributed by atoms with Crippen LogP contribution in [0.25, 0.3) is 0 Å². The maximum absolute atomic E-state index is 11.7. The minimum absolute atomic E-state index is 0.189. The van der Waals surface area contributed by atoms with E-state index in [4.69, 9.17) is 15.2 Å². The molecule has 0 radical (unpaired) electrons. The Labute approximate surface area is 113 Å². The fraction of sp³-hybridized carbons (Fsp3) is 0.533. The number of anilines is 1. The van der Waals surface area contributed by atoms with E-state index in [0.717, 1.165) is 12.8 Å². The van der Waals surface area contributed by atoms with Gasteiger partial charge < -0.3 is 15.2 Å². The van der Waals surface area contributed by atoms with Crippen molar-refractivity contribution in [3.63, 3.8) is 0 Å². The van der Waals surface area contributed by atoms with Crippen LogP contribution in [-0.4, -0.2) is 19.2 Å². The SMILES string of the molecule is COC(=O)c1cc(N)ccc1OC1CCCCCC1. The second-order valence-electron chi connectivity index (χ2n) is 4.98. The van der Waals surface area contributed by atoms with Crippen LogP contribution >= 0.6 is 0 Å². The van der Waals surface area contributed by atoms with Crippen LogP contribution in [0.3, 0.4) is 0 Å². The van der Waals surface area contributed by atoms with Crippen molar-refractivity contribution in [1.29, 1.82) is 0 Å². The van der Waals surface area contributed by atoms with Crippen LogP contribution < -0.4 is 10.5 Å². The standard InChI is InChI=1S/C15H21NO3/c1-18-15(17)13-10-11(16)8-9-14(13)19-12-6-4-2-3-5-7-12/h8-10,12H,2-7,16H2,1H3. The lowest BCUT2D eigenvalue weighted by atomic mass is 10.1. The molecule has 4 heteroatoms. The Morgan fingerprint density at radius 2 is 1.89 bits per heavy atom. The molecule has 0 aromatic heterocycles. The Balaban J connectivity index is 2.16. The lowest BCUT2D eigenvalue weighted by molar-refractivity contribution is 0.0592. The summed E-state index contributed by atoms with van der Waals surface area (Å²) in [7, 11) is 1.36. The van der Waals surface area contributed by atoms with E-state index in [1.165, 1.54) is 32.8 Å². The summed E-state index contributed by atoms with van der Waals surface area (Å²) in [5, 5.41) is 0. The van der Waals surface area contributed by atoms with Crippen LogP contribution in [0.15, 0.2) is 18.2 Å². The number of nitrogens with two attached hydrogens (primary N) is 1. The highest BCUT2D eigenvalue weighted by Crippen LogP contribution is 2.27. The number of rotatable bonds is 3. The van der Waals surface area contributed by atoms with Crippen LogP contribution in [-0.2, 0) is 4.74 Å². The average molecular weight is 263 g/mol. The second-order valence-corrected chi connectivity index (χ2v) is 4.98. The molecule has 1 saturated carbocycles. The van der Waals surface area contributed by atoms with Crippen LogP contribution in [0.2, 0.25) is 0 Å². The Bertz CT molecular complexity index is 437. The molecule has 0 spiro atoms. The van der Waals surface area contributed by atoms with Crippen LogP contribution in [0, 0.1) is 0 Å². The summed E-state index contributed by atoms with van der Waals surface area (Å²) in [6.45, 7) is 0. The highest BCUT2D eigenvalue weighted by Gasteiger charge is 2.19. The van der Waals surface area contributed by atoms with E-state index in [9.17, 15) is 4.79 Å². The molecule has 0 unspecified atom stereocenters. The van der Waals surface area contributed by atoms with Crippen molar-refractivity contribution < 1.29 is 14.3 Å². The van der Waals surface area contributed by atoms with Crippen LogP contribution in [0.1, 0.15) is 48.9 Å². The van der Waals surface area contributed by atoms with Crippen molar-refractivity contribution in [2.75, 3.05) is 12.8 Å². The molecule has 0 aliphatic heterocycles. The molecule has 19 heavy (non-hydrogen) atoms. The molecule has 0 amide bonds. The van der Waals surface area contributed by atoms with Gasteiger partial charge in [-0.3, -0.25) is 0 Å². The van der Waals surface area contributed by atoms with E-state index >= 15 is 0 Å². The first-order valence-electron chi connectivity index (χ1n) is 6.85. The van der Waals surface area contributed by atoms with Gasteiger partial charge in [0, 0.05) is 5.69 Å². The molecule has 1 aliphatic carbocycles. The highest BCUT2D eigenvalue weighted by atomic mass is 16.5. The number of carbonyl (C=O) groups excluding carboxylic acids is 1. The van der Waals surface area contributed by atoms with Gasteiger partial charge in [-0.05, 0) is 43.9 Å². The van der Waals surface area contributed by atoms with Crippen molar-refractivity contribution in [3.8, 4) is 5.75 Å². The van der Waals surface area contributed by atoms with Gasteiger partial charge in [-0.1, -0.05) is 12.8 Å². The average Bonchev–Trinajstić information content (AvgIpc) is 2.68. The predicted molar refractivity (Wildman–Crippen MR) is 74.3 cm³/mol. The van der Waals surface area contributed by atoms with Crippen LogP contribution in [0.4, 0.5) is 5.69 Å². The Morgan fingerprint density at radius 3 is 2.53 bits per heavy atom. The summed E-state index contributed by atoms with van der Waals surface area (Å²) < 4.78 is 10.8. The third-order valence-corrected chi connectivity index (χ3v) is 3.50. The summed E-state index contributed by atoms with van der Waals surface area (Å²) in [6.07, 6.45) is 7.20. The molecule has 2 N–H and O–H groups in total. The van der Waals surface area contributed by atoms with E-state index in [0.29, 0.717) is 17.0 Å². The normalized spacial score (nSPS) is 16.7. The molecule has 1 aromatic carbocycles. The van der Waals surface area contributed by atoms with Gasteiger partial charge in [-0.25, -0.2) is 4.79 Å². The first-order chi connectivity index (χ1) is 9.20. The zero-order valence-electron chi connectivity index (χ0n) is 11.4. The van der Waals surface area contributed by atoms with Crippen molar-refractivity contribution >= 4 is 11.7 Å². The number of ether oxygens (including phenoxy) is 2. The first kappa shape index (κ1) is 13.7. The fourth-order valence-electron chi connectivity index (χ4n) is 2.46. The van der Waals surface area contributed by atoms with E-state index < -0.39 is 5.97 Å². The molecular weight excluding hydrogens is 242 g/mol. The number of carbonyl (C=O) groups is 1. The monoisotopic (exact) mass is 263 g/mol. The summed E-state index contributed by atoms with van der Waals surface area (Å²) in [6, 6.07) is 5.11. The molecule has 0 atom stereocenters. The van der Waals surface area contributed by atoms with Gasteiger partial charge in [0.15, 0.2) is 0 Å². The molecule has 1 aromatic rings. The summed E-state index contributed by atoms with van der Waals surface area (Å²) in [5.41, 5.74) is 6.66. The third kappa shape index (κ3) is 3.63. The van der Waals surface area contributed by atoms with E-state index in [-0.39, 0.29) is 6.10 Å². The van der Waals surface area contributed by atoms with E-state index in [1.807, 2.05) is 0 Å². The maximum Gasteiger partial charge on any atom is 0.341 e. The van der Waals surface area contributed by atoms with Crippen molar-refractivity contribution in [2.24, 2.45) is 0 Å². The highest BCUT2D eigenvalue weighted by molar-refractivity contribution is 5.93. The Morgan fingerprint density at radius 1 is 1.21 bits per heavy atom. The maximum atomic E-state index is 11.7. The van der Waals surface area contributed by atoms with Crippen molar-refractivity contribution in [2.45, 2.75) is 44.6 Å². The number of benzene rings is 1.